The smallest absolute Gasteiger partial charge is 0.425 e. The molecule has 1 aromatic heterocycles. The molecule has 2 atom stereocenters. The van der Waals surface area contributed by atoms with Gasteiger partial charge in [0.25, 0.3) is 6.02 Å². The number of amidine groups is 1. The average Bonchev–Trinajstić information content (AvgIpc) is 2.68. The van der Waals surface area contributed by atoms with Gasteiger partial charge in [-0.3, -0.25) is 0 Å². The Morgan fingerprint density at radius 3 is 2.76 bits per heavy atom. The van der Waals surface area contributed by atoms with Crippen LogP contribution in [0.3, 0.4) is 0 Å². The molecular formula is C18H17F5N4O2. The first-order valence-electron chi connectivity index (χ1n) is 8.39. The highest BCUT2D eigenvalue weighted by molar-refractivity contribution is 5.73. The van der Waals surface area contributed by atoms with Gasteiger partial charge in [0.15, 0.2) is 17.7 Å². The summed E-state index contributed by atoms with van der Waals surface area (Å²) in [5.74, 6) is -0.269. The molecular weight excluding hydrogens is 399 g/mol. The highest BCUT2D eigenvalue weighted by atomic mass is 19.4. The van der Waals surface area contributed by atoms with Crippen molar-refractivity contribution in [2.75, 3.05) is 19.1 Å². The van der Waals surface area contributed by atoms with Gasteiger partial charge < -0.3 is 20.5 Å². The monoisotopic (exact) mass is 416 g/mol. The summed E-state index contributed by atoms with van der Waals surface area (Å²) in [6.45, 7) is -1.41. The van der Waals surface area contributed by atoms with E-state index in [0.717, 1.165) is 6.07 Å². The van der Waals surface area contributed by atoms with Crippen molar-refractivity contribution in [2.24, 2.45) is 10.7 Å². The van der Waals surface area contributed by atoms with Gasteiger partial charge in [-0.15, -0.1) is 0 Å². The molecule has 0 radical (unpaired) electrons. The normalized spacial score (nSPS) is 21.9. The zero-order valence-corrected chi connectivity index (χ0v) is 15.1. The third-order valence-electron chi connectivity index (χ3n) is 4.42. The number of nitrogens with one attached hydrogen (secondary N) is 1. The molecule has 1 aliphatic heterocycles. The quantitative estimate of drug-likeness (QED) is 0.725. The fraction of sp³-hybridized carbons (Fsp3) is 0.333. The Kier molecular flexibility index (Phi) is 5.49. The second-order valence-corrected chi connectivity index (χ2v) is 6.34. The summed E-state index contributed by atoms with van der Waals surface area (Å²) in [6.07, 6.45) is -6.71. The number of pyridine rings is 1. The van der Waals surface area contributed by atoms with E-state index in [9.17, 15) is 22.0 Å². The zero-order chi connectivity index (χ0) is 21.2. The van der Waals surface area contributed by atoms with Crippen LogP contribution in [0.4, 0.5) is 33.5 Å². The van der Waals surface area contributed by atoms with E-state index < -0.39 is 42.8 Å². The predicted octanol–water partition coefficient (Wildman–Crippen LogP) is 3.80. The van der Waals surface area contributed by atoms with Crippen LogP contribution in [-0.4, -0.2) is 37.1 Å². The second-order valence-electron chi connectivity index (χ2n) is 6.34. The van der Waals surface area contributed by atoms with E-state index in [2.05, 4.69) is 20.0 Å². The van der Waals surface area contributed by atoms with Gasteiger partial charge in [-0.25, -0.2) is 18.8 Å². The molecule has 0 amide bonds. The van der Waals surface area contributed by atoms with E-state index in [0.29, 0.717) is 5.75 Å². The van der Waals surface area contributed by atoms with E-state index in [-0.39, 0.29) is 17.1 Å². The number of anilines is 2. The lowest BCUT2D eigenvalue weighted by molar-refractivity contribution is -0.209. The summed E-state index contributed by atoms with van der Waals surface area (Å²) in [5.41, 5.74) is 3.03. The Morgan fingerprint density at radius 2 is 2.10 bits per heavy atom. The van der Waals surface area contributed by atoms with Crippen LogP contribution < -0.4 is 15.8 Å². The number of methoxy groups -OCH3 is 1. The second kappa shape index (κ2) is 7.72. The van der Waals surface area contributed by atoms with Crippen LogP contribution in [0, 0.1) is 5.82 Å². The van der Waals surface area contributed by atoms with Crippen LogP contribution in [-0.2, 0) is 10.3 Å². The highest BCUT2D eigenvalue weighted by Gasteiger charge is 2.52. The molecule has 0 bridgehead atoms. The maximum Gasteiger partial charge on any atom is 0.425 e. The van der Waals surface area contributed by atoms with Crippen LogP contribution in [0.5, 0.6) is 5.75 Å². The molecule has 1 aliphatic rings. The molecule has 1 aromatic carbocycles. The van der Waals surface area contributed by atoms with Crippen molar-refractivity contribution in [3.63, 3.8) is 0 Å². The zero-order valence-electron chi connectivity index (χ0n) is 15.1. The van der Waals surface area contributed by atoms with Crippen LogP contribution in [0.25, 0.3) is 0 Å². The standard InChI is InChI=1S/C18H17F5N4O2/c1-28-13-3-2-6-25-15(13)26-10-4-5-12(20)11(7-10)17(9-19)8-14(18(21,22)23)29-16(24)27-17/h2-7,14H,8-9H2,1H3,(H2,24,27)(H,25,26). The lowest BCUT2D eigenvalue weighted by Gasteiger charge is -2.36. The Bertz CT molecular complexity index is 921. The molecule has 6 nitrogen and oxygen atoms in total. The highest BCUT2D eigenvalue weighted by Crippen LogP contribution is 2.42. The SMILES string of the molecule is COc1cccnc1Nc1ccc(F)c(C2(CF)CC(C(F)(F)F)OC(N)=N2)c1. The first kappa shape index (κ1) is 20.6. The molecule has 0 saturated heterocycles. The maximum absolute atomic E-state index is 14.6. The first-order chi connectivity index (χ1) is 13.7. The number of aliphatic imine (C=N–C) groups is 1. The van der Waals surface area contributed by atoms with Gasteiger partial charge in [0, 0.05) is 23.9 Å². The van der Waals surface area contributed by atoms with Crippen molar-refractivity contribution in [3.8, 4) is 5.75 Å². The van der Waals surface area contributed by atoms with Crippen molar-refractivity contribution < 1.29 is 31.4 Å². The number of alkyl halides is 4. The molecule has 0 fully saturated rings. The number of halogens is 5. The number of benzene rings is 1. The van der Waals surface area contributed by atoms with Crippen molar-refractivity contribution in [3.05, 3.63) is 47.9 Å². The van der Waals surface area contributed by atoms with E-state index >= 15 is 0 Å². The molecule has 2 unspecified atom stereocenters. The molecule has 11 heteroatoms. The number of ether oxygens (including phenoxy) is 2. The Balaban J connectivity index is 2.03. The van der Waals surface area contributed by atoms with Gasteiger partial charge >= 0.3 is 6.18 Å². The summed E-state index contributed by atoms with van der Waals surface area (Å²) in [7, 11) is 1.42. The molecule has 29 heavy (non-hydrogen) atoms. The van der Waals surface area contributed by atoms with E-state index in [1.165, 1.54) is 25.4 Å². The predicted molar refractivity (Wildman–Crippen MR) is 95.3 cm³/mol. The third kappa shape index (κ3) is 4.17. The summed E-state index contributed by atoms with van der Waals surface area (Å²) >= 11 is 0. The van der Waals surface area contributed by atoms with E-state index in [4.69, 9.17) is 10.5 Å². The fourth-order valence-electron chi connectivity index (χ4n) is 3.03. The number of rotatable bonds is 5. The molecule has 2 heterocycles. The minimum Gasteiger partial charge on any atom is -0.493 e. The Hall–Kier alpha value is -3.11. The summed E-state index contributed by atoms with van der Waals surface area (Å²) in [6, 6.07) is 5.88. The Morgan fingerprint density at radius 1 is 1.34 bits per heavy atom. The summed E-state index contributed by atoms with van der Waals surface area (Å²) in [5, 5.41) is 2.87. The van der Waals surface area contributed by atoms with Gasteiger partial charge in [-0.05, 0) is 30.3 Å². The fourth-order valence-corrected chi connectivity index (χ4v) is 3.03. The topological polar surface area (TPSA) is 81.8 Å². The summed E-state index contributed by atoms with van der Waals surface area (Å²) < 4.78 is 77.7. The first-order valence-corrected chi connectivity index (χ1v) is 8.39. The Labute approximate surface area is 162 Å². The number of nitrogens with zero attached hydrogens (tertiary/aromatic N) is 2. The lowest BCUT2D eigenvalue weighted by Crippen LogP contribution is -2.48. The average molecular weight is 416 g/mol. The van der Waals surface area contributed by atoms with Gasteiger partial charge in [0.2, 0.25) is 0 Å². The lowest BCUT2D eigenvalue weighted by atomic mass is 9.84. The molecule has 3 N–H and O–H groups in total. The molecule has 156 valence electrons. The van der Waals surface area contributed by atoms with Gasteiger partial charge in [0.05, 0.1) is 7.11 Å². The van der Waals surface area contributed by atoms with Gasteiger partial charge in [-0.1, -0.05) is 0 Å². The van der Waals surface area contributed by atoms with Gasteiger partial charge in [-0.2, -0.15) is 13.2 Å². The van der Waals surface area contributed by atoms with Gasteiger partial charge in [0.1, 0.15) is 18.0 Å². The van der Waals surface area contributed by atoms with Crippen LogP contribution in [0.1, 0.15) is 12.0 Å². The number of nitrogens with two attached hydrogens (primary N) is 1. The van der Waals surface area contributed by atoms with Crippen molar-refractivity contribution >= 4 is 17.5 Å². The van der Waals surface area contributed by atoms with Crippen molar-refractivity contribution in [2.45, 2.75) is 24.2 Å². The van der Waals surface area contributed by atoms with E-state index in [1.54, 1.807) is 12.1 Å². The number of hydrogen-bond acceptors (Lipinski definition) is 6. The van der Waals surface area contributed by atoms with Crippen LogP contribution >= 0.6 is 0 Å². The van der Waals surface area contributed by atoms with Crippen molar-refractivity contribution in [1.82, 2.24) is 4.98 Å². The number of hydrogen-bond donors (Lipinski definition) is 2. The minimum atomic E-state index is -4.82. The van der Waals surface area contributed by atoms with Crippen molar-refractivity contribution in [1.29, 1.82) is 0 Å². The van der Waals surface area contributed by atoms with Crippen LogP contribution in [0.15, 0.2) is 41.5 Å². The molecule has 0 aliphatic carbocycles. The number of aromatic nitrogens is 1. The molecule has 3 rings (SSSR count). The van der Waals surface area contributed by atoms with Crippen LogP contribution in [0.2, 0.25) is 0 Å². The van der Waals surface area contributed by atoms with E-state index in [1.807, 2.05) is 0 Å². The minimum absolute atomic E-state index is 0.245. The largest absolute Gasteiger partial charge is 0.493 e. The summed E-state index contributed by atoms with van der Waals surface area (Å²) in [4.78, 5) is 7.78. The molecule has 2 aromatic rings. The molecule has 0 spiro atoms. The molecule has 0 saturated carbocycles. The third-order valence-corrected chi connectivity index (χ3v) is 4.42. The maximum atomic E-state index is 14.6.